The van der Waals surface area contributed by atoms with Crippen LogP contribution < -0.4 is 14.8 Å². The van der Waals surface area contributed by atoms with Crippen LogP contribution in [0.15, 0.2) is 12.1 Å². The molecule has 1 N–H and O–H groups in total. The maximum Gasteiger partial charge on any atom is 0.242 e. The summed E-state index contributed by atoms with van der Waals surface area (Å²) in [7, 11) is 3.29. The normalized spacial score (nSPS) is 24.0. The highest BCUT2D eigenvalue weighted by Gasteiger charge is 2.38. The van der Waals surface area contributed by atoms with Gasteiger partial charge in [-0.3, -0.25) is 4.79 Å². The van der Waals surface area contributed by atoms with E-state index in [1.165, 1.54) is 5.56 Å². The molecule has 1 aromatic carbocycles. The first-order valence-electron chi connectivity index (χ1n) is 8.35. The molecule has 3 rings (SSSR count). The minimum Gasteiger partial charge on any atom is -0.493 e. The van der Waals surface area contributed by atoms with Crippen molar-refractivity contribution in [2.75, 3.05) is 27.3 Å². The lowest BCUT2D eigenvalue weighted by molar-refractivity contribution is -0.139. The Morgan fingerprint density at radius 2 is 1.87 bits per heavy atom. The van der Waals surface area contributed by atoms with E-state index < -0.39 is 5.54 Å². The molecule has 23 heavy (non-hydrogen) atoms. The monoisotopic (exact) mass is 318 g/mol. The third-order valence-electron chi connectivity index (χ3n) is 5.10. The number of hydrogen-bond acceptors (Lipinski definition) is 4. The zero-order valence-electron chi connectivity index (χ0n) is 14.3. The summed E-state index contributed by atoms with van der Waals surface area (Å²) in [6.45, 7) is 4.38. The Bertz CT molecular complexity index is 594. The number of carbonyl (C=O) groups is 1. The van der Waals surface area contributed by atoms with E-state index in [-0.39, 0.29) is 5.91 Å². The van der Waals surface area contributed by atoms with Crippen molar-refractivity contribution < 1.29 is 14.3 Å². The van der Waals surface area contributed by atoms with Crippen molar-refractivity contribution >= 4 is 5.91 Å². The van der Waals surface area contributed by atoms with Crippen LogP contribution in [0.5, 0.6) is 11.5 Å². The predicted molar refractivity (Wildman–Crippen MR) is 88.9 cm³/mol. The minimum atomic E-state index is -0.410. The van der Waals surface area contributed by atoms with Gasteiger partial charge < -0.3 is 19.7 Å². The van der Waals surface area contributed by atoms with E-state index in [0.717, 1.165) is 55.8 Å². The van der Waals surface area contributed by atoms with Crippen LogP contribution in [-0.4, -0.2) is 43.7 Å². The number of nitrogens with zero attached hydrogens (tertiary/aromatic N) is 1. The van der Waals surface area contributed by atoms with Crippen molar-refractivity contribution in [3.8, 4) is 11.5 Å². The number of fused-ring (bicyclic) bond motifs is 1. The summed E-state index contributed by atoms with van der Waals surface area (Å²) < 4.78 is 10.8. The summed E-state index contributed by atoms with van der Waals surface area (Å²) in [5, 5.41) is 3.42. The number of rotatable bonds is 3. The predicted octanol–water partition coefficient (Wildman–Crippen LogP) is 2.12. The molecular weight excluding hydrogens is 292 g/mol. The number of benzene rings is 1. The number of methoxy groups -OCH3 is 2. The van der Waals surface area contributed by atoms with Gasteiger partial charge in [-0.2, -0.15) is 0 Å². The van der Waals surface area contributed by atoms with Crippen LogP contribution in [0.4, 0.5) is 0 Å². The molecule has 2 heterocycles. The molecule has 0 radical (unpaired) electrons. The zero-order chi connectivity index (χ0) is 16.4. The lowest BCUT2D eigenvalue weighted by Crippen LogP contribution is -2.58. The molecule has 1 amide bonds. The van der Waals surface area contributed by atoms with Crippen molar-refractivity contribution in [3.63, 3.8) is 0 Å². The molecule has 2 aliphatic heterocycles. The third kappa shape index (κ3) is 3.02. The first-order valence-corrected chi connectivity index (χ1v) is 8.35. The smallest absolute Gasteiger partial charge is 0.242 e. The summed E-state index contributed by atoms with van der Waals surface area (Å²) in [4.78, 5) is 14.9. The zero-order valence-corrected chi connectivity index (χ0v) is 14.3. The number of piperidine rings is 1. The molecule has 1 saturated heterocycles. The van der Waals surface area contributed by atoms with Crippen molar-refractivity contribution in [1.29, 1.82) is 0 Å². The minimum absolute atomic E-state index is 0.220. The number of nitrogens with one attached hydrogen (secondary N) is 1. The van der Waals surface area contributed by atoms with Gasteiger partial charge in [0.2, 0.25) is 5.91 Å². The van der Waals surface area contributed by atoms with E-state index in [9.17, 15) is 4.79 Å². The van der Waals surface area contributed by atoms with Gasteiger partial charge in [0.05, 0.1) is 19.8 Å². The van der Waals surface area contributed by atoms with Crippen LogP contribution >= 0.6 is 0 Å². The lowest BCUT2D eigenvalue weighted by Gasteiger charge is -2.40. The highest BCUT2D eigenvalue weighted by molar-refractivity contribution is 5.86. The average Bonchev–Trinajstić information content (AvgIpc) is 2.59. The van der Waals surface area contributed by atoms with E-state index in [4.69, 9.17) is 9.47 Å². The number of hydrogen-bond donors (Lipinski definition) is 1. The number of ether oxygens (including phenoxy) is 2. The molecule has 1 unspecified atom stereocenters. The van der Waals surface area contributed by atoms with Gasteiger partial charge in [-0.15, -0.1) is 0 Å². The van der Waals surface area contributed by atoms with Gasteiger partial charge in [0.1, 0.15) is 0 Å². The Morgan fingerprint density at radius 1 is 1.17 bits per heavy atom. The molecular formula is C18H26N2O3. The first kappa shape index (κ1) is 16.1. The van der Waals surface area contributed by atoms with E-state index in [1.807, 2.05) is 24.0 Å². The molecule has 1 atom stereocenters. The van der Waals surface area contributed by atoms with E-state index in [2.05, 4.69) is 5.32 Å². The molecule has 5 heteroatoms. The average molecular weight is 318 g/mol. The van der Waals surface area contributed by atoms with Crippen LogP contribution in [0.25, 0.3) is 0 Å². The fourth-order valence-corrected chi connectivity index (χ4v) is 3.64. The molecule has 126 valence electrons. The summed E-state index contributed by atoms with van der Waals surface area (Å²) in [5.41, 5.74) is 1.99. The maximum absolute atomic E-state index is 13.0. The fraction of sp³-hybridized carbons (Fsp3) is 0.611. The molecule has 1 fully saturated rings. The van der Waals surface area contributed by atoms with E-state index >= 15 is 0 Å². The van der Waals surface area contributed by atoms with Crippen molar-refractivity contribution in [2.45, 2.75) is 44.7 Å². The second-order valence-corrected chi connectivity index (χ2v) is 6.67. The van der Waals surface area contributed by atoms with Crippen LogP contribution in [0.2, 0.25) is 0 Å². The Balaban J connectivity index is 1.80. The molecule has 2 aliphatic rings. The fourth-order valence-electron chi connectivity index (χ4n) is 3.64. The molecule has 0 saturated carbocycles. The Labute approximate surface area is 137 Å². The molecule has 0 aromatic heterocycles. The third-order valence-corrected chi connectivity index (χ3v) is 5.10. The molecule has 0 aliphatic carbocycles. The van der Waals surface area contributed by atoms with Crippen molar-refractivity contribution in [1.82, 2.24) is 10.2 Å². The standard InChI is InChI=1S/C18H26N2O3/c1-18(7-4-5-8-19-18)17(21)20-9-6-13-10-15(22-2)16(23-3)11-14(13)12-20/h10-11,19H,4-9,12H2,1-3H3. The highest BCUT2D eigenvalue weighted by atomic mass is 16.5. The van der Waals surface area contributed by atoms with Crippen LogP contribution in [-0.2, 0) is 17.8 Å². The second-order valence-electron chi connectivity index (χ2n) is 6.67. The van der Waals surface area contributed by atoms with Gasteiger partial charge in [-0.1, -0.05) is 0 Å². The molecule has 5 nitrogen and oxygen atoms in total. The van der Waals surface area contributed by atoms with Crippen LogP contribution in [0.3, 0.4) is 0 Å². The lowest BCUT2D eigenvalue weighted by atomic mass is 9.88. The van der Waals surface area contributed by atoms with Gasteiger partial charge in [0.25, 0.3) is 0 Å². The van der Waals surface area contributed by atoms with E-state index in [1.54, 1.807) is 14.2 Å². The summed E-state index contributed by atoms with van der Waals surface area (Å²) >= 11 is 0. The van der Waals surface area contributed by atoms with Gasteiger partial charge >= 0.3 is 0 Å². The largest absolute Gasteiger partial charge is 0.493 e. The quantitative estimate of drug-likeness (QED) is 0.927. The number of amides is 1. The summed E-state index contributed by atoms with van der Waals surface area (Å²) in [6, 6.07) is 4.04. The molecule has 1 aromatic rings. The summed E-state index contributed by atoms with van der Waals surface area (Å²) in [6.07, 6.45) is 4.05. The van der Waals surface area contributed by atoms with Crippen LogP contribution in [0, 0.1) is 0 Å². The van der Waals surface area contributed by atoms with Gasteiger partial charge in [-0.25, -0.2) is 0 Å². The molecule has 0 bridgehead atoms. The van der Waals surface area contributed by atoms with Crippen LogP contribution in [0.1, 0.15) is 37.3 Å². The van der Waals surface area contributed by atoms with Gasteiger partial charge in [0, 0.05) is 13.1 Å². The van der Waals surface area contributed by atoms with E-state index in [0.29, 0.717) is 6.54 Å². The van der Waals surface area contributed by atoms with Crippen molar-refractivity contribution in [2.24, 2.45) is 0 Å². The van der Waals surface area contributed by atoms with Gasteiger partial charge in [-0.05, 0) is 62.4 Å². The number of carbonyl (C=O) groups excluding carboxylic acids is 1. The Hall–Kier alpha value is -1.75. The topological polar surface area (TPSA) is 50.8 Å². The van der Waals surface area contributed by atoms with Crippen molar-refractivity contribution in [3.05, 3.63) is 23.3 Å². The van der Waals surface area contributed by atoms with Gasteiger partial charge in [0.15, 0.2) is 11.5 Å². The maximum atomic E-state index is 13.0. The summed E-state index contributed by atoms with van der Waals surface area (Å²) in [5.74, 6) is 1.70. The highest BCUT2D eigenvalue weighted by Crippen LogP contribution is 2.34. The Morgan fingerprint density at radius 3 is 2.48 bits per heavy atom. The first-order chi connectivity index (χ1) is 11.1. The SMILES string of the molecule is COc1cc2c(cc1OC)CN(C(=O)C1(C)CCCCN1)CC2. The Kier molecular flexibility index (Phi) is 4.48. The molecule has 0 spiro atoms. The second kappa shape index (κ2) is 6.40.